The van der Waals surface area contributed by atoms with Crippen LogP contribution in [-0.4, -0.2) is 27.1 Å². The Morgan fingerprint density at radius 1 is 0.900 bits per heavy atom. The highest BCUT2D eigenvalue weighted by molar-refractivity contribution is 7.91. The zero-order valence-electron chi connectivity index (χ0n) is 17.2. The molecule has 0 aromatic heterocycles. The lowest BCUT2D eigenvalue weighted by molar-refractivity contribution is -0.115. The van der Waals surface area contributed by atoms with E-state index in [1.54, 1.807) is 24.3 Å². The highest BCUT2D eigenvalue weighted by atomic mass is 32.2. The van der Waals surface area contributed by atoms with Gasteiger partial charge in [0.15, 0.2) is 9.84 Å². The fraction of sp³-hybridized carbons (Fsp3) is 0.208. The van der Waals surface area contributed by atoms with E-state index in [0.717, 1.165) is 17.8 Å². The van der Waals surface area contributed by atoms with Gasteiger partial charge in [0.05, 0.1) is 10.6 Å². The first-order chi connectivity index (χ1) is 14.3. The Hall–Kier alpha value is -3.12. The number of carbonyl (C=O) groups is 1. The summed E-state index contributed by atoms with van der Waals surface area (Å²) in [4.78, 5) is 14.6. The van der Waals surface area contributed by atoms with Gasteiger partial charge in [-0.05, 0) is 48.9 Å². The van der Waals surface area contributed by atoms with Crippen LogP contribution in [0.3, 0.4) is 0 Å². The Morgan fingerprint density at radius 2 is 1.53 bits per heavy atom. The second-order valence-corrected chi connectivity index (χ2v) is 9.43. The normalized spacial score (nSPS) is 11.1. The molecule has 0 aliphatic heterocycles. The van der Waals surface area contributed by atoms with Crippen molar-refractivity contribution in [2.75, 3.05) is 23.0 Å². The van der Waals surface area contributed by atoms with Gasteiger partial charge in [-0.25, -0.2) is 8.42 Å². The molecule has 6 heteroatoms. The predicted octanol–water partition coefficient (Wildman–Crippen LogP) is 4.43. The topological polar surface area (TPSA) is 66.5 Å². The summed E-state index contributed by atoms with van der Waals surface area (Å²) in [5.74, 6) is -0.546. The van der Waals surface area contributed by atoms with E-state index in [-0.39, 0.29) is 23.0 Å². The van der Waals surface area contributed by atoms with Gasteiger partial charge in [0.2, 0.25) is 5.91 Å². The van der Waals surface area contributed by atoms with E-state index < -0.39 is 9.84 Å². The number of rotatable bonds is 8. The van der Waals surface area contributed by atoms with Crippen LogP contribution in [0.25, 0.3) is 0 Å². The maximum Gasteiger partial charge on any atom is 0.225 e. The Bertz CT molecular complexity index is 1080. The molecule has 0 radical (unpaired) electrons. The van der Waals surface area contributed by atoms with Gasteiger partial charge in [-0.15, -0.1) is 0 Å². The molecule has 3 aromatic rings. The third-order valence-corrected chi connectivity index (χ3v) is 6.56. The van der Waals surface area contributed by atoms with Gasteiger partial charge < -0.3 is 10.2 Å². The quantitative estimate of drug-likeness (QED) is 0.583. The average Bonchev–Trinajstić information content (AvgIpc) is 2.74. The first-order valence-electron chi connectivity index (χ1n) is 9.78. The van der Waals surface area contributed by atoms with Crippen molar-refractivity contribution in [1.29, 1.82) is 0 Å². The highest BCUT2D eigenvalue weighted by Gasteiger charge is 2.16. The molecule has 1 N–H and O–H groups in total. The molecule has 0 atom stereocenters. The summed E-state index contributed by atoms with van der Waals surface area (Å²) in [6.45, 7) is 2.68. The summed E-state index contributed by atoms with van der Waals surface area (Å²) in [7, 11) is -1.47. The molecule has 0 fully saturated rings. The Kier molecular flexibility index (Phi) is 6.90. The lowest BCUT2D eigenvalue weighted by Crippen LogP contribution is -2.18. The number of nitrogens with zero attached hydrogens (tertiary/aromatic N) is 1. The van der Waals surface area contributed by atoms with E-state index in [1.165, 1.54) is 5.56 Å². The number of hydrogen-bond donors (Lipinski definition) is 1. The molecular weight excluding hydrogens is 396 g/mol. The van der Waals surface area contributed by atoms with Crippen molar-refractivity contribution in [2.24, 2.45) is 0 Å². The van der Waals surface area contributed by atoms with E-state index in [1.807, 2.05) is 56.4 Å². The Morgan fingerprint density at radius 3 is 2.17 bits per heavy atom. The van der Waals surface area contributed by atoms with Gasteiger partial charge in [0, 0.05) is 31.4 Å². The van der Waals surface area contributed by atoms with Gasteiger partial charge in [0.25, 0.3) is 0 Å². The van der Waals surface area contributed by atoms with Crippen molar-refractivity contribution < 1.29 is 13.2 Å². The van der Waals surface area contributed by atoms with Gasteiger partial charge in [-0.1, -0.05) is 48.0 Å². The molecule has 3 aromatic carbocycles. The van der Waals surface area contributed by atoms with Crippen molar-refractivity contribution in [1.82, 2.24) is 0 Å². The lowest BCUT2D eigenvalue weighted by atomic mass is 10.2. The number of hydrogen-bond acceptors (Lipinski definition) is 4. The minimum absolute atomic E-state index is 0.0914. The average molecular weight is 423 g/mol. The monoisotopic (exact) mass is 422 g/mol. The van der Waals surface area contributed by atoms with Crippen LogP contribution in [0.4, 0.5) is 11.4 Å². The van der Waals surface area contributed by atoms with Crippen molar-refractivity contribution in [2.45, 2.75) is 24.8 Å². The van der Waals surface area contributed by atoms with Crippen LogP contribution in [0, 0.1) is 6.92 Å². The molecule has 0 unspecified atom stereocenters. The molecule has 0 spiro atoms. The van der Waals surface area contributed by atoms with Crippen LogP contribution in [0.2, 0.25) is 0 Å². The molecule has 3 rings (SSSR count). The zero-order chi connectivity index (χ0) is 21.6. The molecule has 30 heavy (non-hydrogen) atoms. The summed E-state index contributed by atoms with van der Waals surface area (Å²) >= 11 is 0. The third kappa shape index (κ3) is 5.94. The van der Waals surface area contributed by atoms with Crippen molar-refractivity contribution in [3.05, 3.63) is 90.0 Å². The zero-order valence-corrected chi connectivity index (χ0v) is 18.0. The molecule has 5 nitrogen and oxygen atoms in total. The Balaban J connectivity index is 1.53. The number of aryl methyl sites for hydroxylation is 1. The number of anilines is 2. The molecule has 156 valence electrons. The minimum atomic E-state index is -3.48. The molecule has 0 aliphatic rings. The van der Waals surface area contributed by atoms with E-state index in [2.05, 4.69) is 22.3 Å². The largest absolute Gasteiger partial charge is 0.370 e. The fourth-order valence-electron chi connectivity index (χ4n) is 3.06. The number of carbonyl (C=O) groups excluding carboxylic acids is 1. The molecule has 0 saturated carbocycles. The lowest BCUT2D eigenvalue weighted by Gasteiger charge is -2.19. The van der Waals surface area contributed by atoms with E-state index >= 15 is 0 Å². The number of benzene rings is 3. The Labute approximate surface area is 178 Å². The van der Waals surface area contributed by atoms with Gasteiger partial charge in [-0.3, -0.25) is 4.79 Å². The van der Waals surface area contributed by atoms with Crippen LogP contribution < -0.4 is 10.2 Å². The molecule has 1 amide bonds. The van der Waals surface area contributed by atoms with Crippen LogP contribution in [0.15, 0.2) is 83.8 Å². The number of nitrogens with one attached hydrogen (secondary N) is 1. The summed E-state index contributed by atoms with van der Waals surface area (Å²) in [5, 5.41) is 2.77. The third-order valence-electron chi connectivity index (χ3n) is 4.83. The summed E-state index contributed by atoms with van der Waals surface area (Å²) in [6, 6.07) is 24.4. The second kappa shape index (κ2) is 9.59. The van der Waals surface area contributed by atoms with Crippen molar-refractivity contribution in [3.63, 3.8) is 0 Å². The predicted molar refractivity (Wildman–Crippen MR) is 121 cm³/mol. The van der Waals surface area contributed by atoms with Gasteiger partial charge in [0.1, 0.15) is 0 Å². The van der Waals surface area contributed by atoms with Gasteiger partial charge in [-0.2, -0.15) is 0 Å². The standard InChI is InChI=1S/C24H26N2O3S/c1-19-8-14-23(15-9-19)30(28,29)17-16-24(27)25-21-10-12-22(13-11-21)26(2)18-20-6-4-3-5-7-20/h3-15H,16-18H2,1-2H3,(H,25,27). The second-order valence-electron chi connectivity index (χ2n) is 7.32. The van der Waals surface area contributed by atoms with Crippen LogP contribution in [0.1, 0.15) is 17.5 Å². The van der Waals surface area contributed by atoms with Crippen LogP contribution >= 0.6 is 0 Å². The van der Waals surface area contributed by atoms with Crippen LogP contribution in [-0.2, 0) is 21.2 Å². The minimum Gasteiger partial charge on any atom is -0.370 e. The molecule has 0 aliphatic carbocycles. The number of sulfone groups is 1. The van der Waals surface area contributed by atoms with Crippen LogP contribution in [0.5, 0.6) is 0 Å². The maximum atomic E-state index is 12.4. The summed E-state index contributed by atoms with van der Waals surface area (Å²) in [5.41, 5.74) is 3.88. The first kappa shape index (κ1) is 21.6. The highest BCUT2D eigenvalue weighted by Crippen LogP contribution is 2.19. The molecule has 0 heterocycles. The van der Waals surface area contributed by atoms with Gasteiger partial charge >= 0.3 is 0 Å². The molecule has 0 bridgehead atoms. The number of amides is 1. The van der Waals surface area contributed by atoms with Crippen molar-refractivity contribution in [3.8, 4) is 0 Å². The first-order valence-corrected chi connectivity index (χ1v) is 11.4. The SMILES string of the molecule is Cc1ccc(S(=O)(=O)CCC(=O)Nc2ccc(N(C)Cc3ccccc3)cc2)cc1. The maximum absolute atomic E-state index is 12.4. The van der Waals surface area contributed by atoms with E-state index in [4.69, 9.17) is 0 Å². The molecular formula is C24H26N2O3S. The molecule has 0 saturated heterocycles. The van der Waals surface area contributed by atoms with E-state index in [0.29, 0.717) is 5.69 Å². The summed E-state index contributed by atoms with van der Waals surface area (Å²) in [6.07, 6.45) is -0.0914. The van der Waals surface area contributed by atoms with E-state index in [9.17, 15) is 13.2 Å². The smallest absolute Gasteiger partial charge is 0.225 e. The van der Waals surface area contributed by atoms with Crippen molar-refractivity contribution >= 4 is 27.1 Å². The fourth-order valence-corrected chi connectivity index (χ4v) is 4.30. The summed E-state index contributed by atoms with van der Waals surface area (Å²) < 4.78 is 24.8.